The molecule has 0 saturated heterocycles. The van der Waals surface area contributed by atoms with Gasteiger partial charge >= 0.3 is 0 Å². The molecule has 3 rings (SSSR count). The summed E-state index contributed by atoms with van der Waals surface area (Å²) in [6.45, 7) is 0. The van der Waals surface area contributed by atoms with Crippen LogP contribution in [0.2, 0.25) is 5.02 Å². The molecule has 0 atom stereocenters. The Morgan fingerprint density at radius 1 is 1.19 bits per heavy atom. The van der Waals surface area contributed by atoms with E-state index < -0.39 is 5.91 Å². The number of para-hydroxylation sites is 2. The van der Waals surface area contributed by atoms with Gasteiger partial charge in [-0.05, 0) is 30.3 Å². The molecule has 1 aromatic heterocycles. The molecule has 9 heteroatoms. The highest BCUT2D eigenvalue weighted by molar-refractivity contribution is 7.99. The zero-order valence-corrected chi connectivity index (χ0v) is 15.9. The van der Waals surface area contributed by atoms with Gasteiger partial charge in [0.15, 0.2) is 5.58 Å². The number of nitrogens with one attached hydrogen (secondary N) is 2. The number of methoxy groups -OCH3 is 1. The zero-order valence-electron chi connectivity index (χ0n) is 14.3. The van der Waals surface area contributed by atoms with Crippen LogP contribution in [-0.4, -0.2) is 29.7 Å². The van der Waals surface area contributed by atoms with Crippen LogP contribution < -0.4 is 15.6 Å². The van der Waals surface area contributed by atoms with Crippen molar-refractivity contribution < 1.29 is 18.7 Å². The van der Waals surface area contributed by atoms with E-state index in [9.17, 15) is 9.59 Å². The lowest BCUT2D eigenvalue weighted by molar-refractivity contribution is -0.127. The number of rotatable bonds is 6. The molecule has 0 bridgehead atoms. The van der Waals surface area contributed by atoms with Gasteiger partial charge in [0.05, 0.1) is 19.3 Å². The molecule has 140 valence electrons. The van der Waals surface area contributed by atoms with Crippen LogP contribution in [0, 0.1) is 0 Å². The molecule has 0 aliphatic heterocycles. The van der Waals surface area contributed by atoms with Crippen LogP contribution in [-0.2, 0) is 16.0 Å². The molecule has 2 N–H and O–H groups in total. The number of carbonyl (C=O) groups excluding carboxylic acids is 2. The fraction of sp³-hybridized carbons (Fsp3) is 0.167. The first-order valence-corrected chi connectivity index (χ1v) is 9.30. The third kappa shape index (κ3) is 5.15. The Morgan fingerprint density at radius 2 is 1.96 bits per heavy atom. The SMILES string of the molecule is COc1ccc(Cl)cc1CC(=O)NNC(=O)CSc1nc2ccccc2o1. The number of thioether (sulfide) groups is 1. The summed E-state index contributed by atoms with van der Waals surface area (Å²) in [5, 5.41) is 0.888. The summed E-state index contributed by atoms with van der Waals surface area (Å²) in [5.41, 5.74) is 6.72. The first-order chi connectivity index (χ1) is 13.0. The van der Waals surface area contributed by atoms with Crippen molar-refractivity contribution in [3.8, 4) is 5.75 Å². The van der Waals surface area contributed by atoms with Gasteiger partial charge in [-0.25, -0.2) is 4.98 Å². The number of fused-ring (bicyclic) bond motifs is 1. The summed E-state index contributed by atoms with van der Waals surface area (Å²) in [6, 6.07) is 12.3. The van der Waals surface area contributed by atoms with Crippen molar-refractivity contribution in [3.63, 3.8) is 0 Å². The summed E-state index contributed by atoms with van der Waals surface area (Å²) < 4.78 is 10.7. The highest BCUT2D eigenvalue weighted by Gasteiger charge is 2.12. The van der Waals surface area contributed by atoms with E-state index in [1.165, 1.54) is 7.11 Å². The maximum absolute atomic E-state index is 12.0. The number of ether oxygens (including phenoxy) is 1. The fourth-order valence-corrected chi connectivity index (χ4v) is 3.15. The van der Waals surface area contributed by atoms with Crippen LogP contribution in [0.3, 0.4) is 0 Å². The predicted octanol–water partition coefficient (Wildman–Crippen LogP) is 2.97. The van der Waals surface area contributed by atoms with Crippen molar-refractivity contribution >= 4 is 46.3 Å². The van der Waals surface area contributed by atoms with E-state index in [1.807, 2.05) is 18.2 Å². The normalized spacial score (nSPS) is 10.6. The lowest BCUT2D eigenvalue weighted by atomic mass is 10.1. The standard InChI is InChI=1S/C18H16ClN3O4S/c1-25-14-7-6-12(19)8-11(14)9-16(23)21-22-17(24)10-27-18-20-13-4-2-3-5-15(13)26-18/h2-8H,9-10H2,1H3,(H,21,23)(H,22,24). The molecule has 0 saturated carbocycles. The van der Waals surface area contributed by atoms with Crippen LogP contribution in [0.5, 0.6) is 5.75 Å². The number of oxazole rings is 1. The summed E-state index contributed by atoms with van der Waals surface area (Å²) in [7, 11) is 1.51. The number of hydrogen-bond acceptors (Lipinski definition) is 6. The minimum absolute atomic E-state index is 0.0162. The fourth-order valence-electron chi connectivity index (χ4n) is 2.32. The van der Waals surface area contributed by atoms with Crippen molar-refractivity contribution in [3.05, 3.63) is 53.1 Å². The van der Waals surface area contributed by atoms with E-state index >= 15 is 0 Å². The number of carbonyl (C=O) groups is 2. The molecule has 2 amide bonds. The molecule has 0 fully saturated rings. The van der Waals surface area contributed by atoms with Crippen molar-refractivity contribution in [1.29, 1.82) is 0 Å². The van der Waals surface area contributed by atoms with E-state index in [1.54, 1.807) is 24.3 Å². The van der Waals surface area contributed by atoms with E-state index in [0.717, 1.165) is 17.3 Å². The van der Waals surface area contributed by atoms with Gasteiger partial charge in [0.25, 0.3) is 5.22 Å². The number of amides is 2. The van der Waals surface area contributed by atoms with Gasteiger partial charge in [0.1, 0.15) is 11.3 Å². The minimum atomic E-state index is -0.393. The van der Waals surface area contributed by atoms with Gasteiger partial charge < -0.3 is 9.15 Å². The smallest absolute Gasteiger partial charge is 0.257 e. The van der Waals surface area contributed by atoms with Gasteiger partial charge in [-0.2, -0.15) is 0 Å². The summed E-state index contributed by atoms with van der Waals surface area (Å²) >= 11 is 7.08. The Bertz CT molecular complexity index is 943. The second kappa shape index (κ2) is 8.79. The maximum atomic E-state index is 12.0. The third-order valence-corrected chi connectivity index (χ3v) is 4.60. The number of aromatic nitrogens is 1. The Hall–Kier alpha value is -2.71. The van der Waals surface area contributed by atoms with E-state index in [0.29, 0.717) is 27.1 Å². The van der Waals surface area contributed by atoms with E-state index in [4.69, 9.17) is 20.8 Å². The van der Waals surface area contributed by atoms with Crippen molar-refractivity contribution in [1.82, 2.24) is 15.8 Å². The lowest BCUT2D eigenvalue weighted by Gasteiger charge is -2.10. The number of benzene rings is 2. The van der Waals surface area contributed by atoms with Gasteiger partial charge in [0.2, 0.25) is 11.8 Å². The largest absolute Gasteiger partial charge is 0.496 e. The lowest BCUT2D eigenvalue weighted by Crippen LogP contribution is -2.43. The van der Waals surface area contributed by atoms with Crippen LogP contribution in [0.4, 0.5) is 0 Å². The molecular weight excluding hydrogens is 390 g/mol. The zero-order chi connectivity index (χ0) is 19.2. The second-order valence-electron chi connectivity index (χ2n) is 5.47. The van der Waals surface area contributed by atoms with Crippen LogP contribution >= 0.6 is 23.4 Å². The highest BCUT2D eigenvalue weighted by Crippen LogP contribution is 2.23. The number of hydrogen-bond donors (Lipinski definition) is 2. The third-order valence-electron chi connectivity index (χ3n) is 3.54. The van der Waals surface area contributed by atoms with Gasteiger partial charge in [0, 0.05) is 10.6 Å². The average molecular weight is 406 g/mol. The molecule has 0 aliphatic carbocycles. The monoisotopic (exact) mass is 405 g/mol. The summed E-state index contributed by atoms with van der Waals surface area (Å²) in [5.74, 6) is -0.176. The van der Waals surface area contributed by atoms with E-state index in [2.05, 4.69) is 15.8 Å². The summed E-state index contributed by atoms with van der Waals surface area (Å²) in [4.78, 5) is 28.2. The molecule has 0 spiro atoms. The van der Waals surface area contributed by atoms with Gasteiger partial charge in [-0.3, -0.25) is 20.4 Å². The summed E-state index contributed by atoms with van der Waals surface area (Å²) in [6.07, 6.45) is 0.0162. The molecule has 7 nitrogen and oxygen atoms in total. The molecule has 0 radical (unpaired) electrons. The highest BCUT2D eigenvalue weighted by atomic mass is 35.5. The Kier molecular flexibility index (Phi) is 6.20. The number of hydrazine groups is 1. The molecule has 1 heterocycles. The molecule has 27 heavy (non-hydrogen) atoms. The van der Waals surface area contributed by atoms with Crippen molar-refractivity contribution in [2.24, 2.45) is 0 Å². The average Bonchev–Trinajstić information content (AvgIpc) is 3.08. The second-order valence-corrected chi connectivity index (χ2v) is 6.83. The minimum Gasteiger partial charge on any atom is -0.496 e. The van der Waals surface area contributed by atoms with Crippen LogP contribution in [0.25, 0.3) is 11.1 Å². The Labute approximate surface area is 164 Å². The predicted molar refractivity (Wildman–Crippen MR) is 103 cm³/mol. The van der Waals surface area contributed by atoms with Crippen LogP contribution in [0.1, 0.15) is 5.56 Å². The Morgan fingerprint density at radius 3 is 2.74 bits per heavy atom. The first kappa shape index (κ1) is 19.1. The van der Waals surface area contributed by atoms with Crippen molar-refractivity contribution in [2.75, 3.05) is 12.9 Å². The molecule has 0 unspecified atom stereocenters. The maximum Gasteiger partial charge on any atom is 0.257 e. The van der Waals surface area contributed by atoms with Gasteiger partial charge in [-0.1, -0.05) is 35.5 Å². The van der Waals surface area contributed by atoms with Crippen molar-refractivity contribution in [2.45, 2.75) is 11.6 Å². The number of halogens is 1. The van der Waals surface area contributed by atoms with Gasteiger partial charge in [-0.15, -0.1) is 0 Å². The topological polar surface area (TPSA) is 93.5 Å². The number of nitrogens with zero attached hydrogens (tertiary/aromatic N) is 1. The Balaban J connectivity index is 1.47. The van der Waals surface area contributed by atoms with Crippen LogP contribution in [0.15, 0.2) is 52.1 Å². The molecule has 3 aromatic rings. The van der Waals surface area contributed by atoms with E-state index in [-0.39, 0.29) is 18.1 Å². The molecule has 0 aliphatic rings. The first-order valence-electron chi connectivity index (χ1n) is 7.93. The quantitative estimate of drug-likeness (QED) is 0.483. The molecular formula is C18H16ClN3O4S. The molecule has 2 aromatic carbocycles.